The lowest BCUT2D eigenvalue weighted by atomic mass is 9.27. The van der Waals surface area contributed by atoms with E-state index < -0.39 is 0 Å². The second-order valence-electron chi connectivity index (χ2n) is 30.2. The maximum absolute atomic E-state index is 2.72. The molecule has 1 aromatic heterocycles. The van der Waals surface area contributed by atoms with Gasteiger partial charge in [-0.3, -0.25) is 0 Å². The molecule has 17 aromatic carbocycles. The fourth-order valence-electron chi connectivity index (χ4n) is 19.9. The molecule has 24 rings (SSSR count). The van der Waals surface area contributed by atoms with E-state index in [1.54, 1.807) is 0 Å². The Balaban J connectivity index is 0.806. The summed E-state index contributed by atoms with van der Waals surface area (Å²) < 4.78 is 2.65. The van der Waals surface area contributed by atoms with Crippen LogP contribution in [-0.2, 0) is 0 Å². The predicted octanol–water partition coefficient (Wildman–Crippen LogP) is 20.2. The number of benzene rings is 17. The lowest BCUT2D eigenvalue weighted by Crippen LogP contribution is -2.70. The Morgan fingerprint density at radius 3 is 1.08 bits per heavy atom. The first-order chi connectivity index (χ1) is 55.1. The summed E-state index contributed by atoms with van der Waals surface area (Å²) in [7, 11) is 0. The van der Waals surface area contributed by atoms with E-state index in [-0.39, 0.29) is 20.1 Å². The van der Waals surface area contributed by atoms with E-state index in [4.69, 9.17) is 0 Å². The van der Waals surface area contributed by atoms with Crippen molar-refractivity contribution in [3.05, 3.63) is 394 Å². The first-order valence-corrected chi connectivity index (χ1v) is 38.7. The maximum Gasteiger partial charge on any atom is 0.252 e. The number of aromatic nitrogens is 1. The van der Waals surface area contributed by atoms with Crippen molar-refractivity contribution in [1.29, 1.82) is 0 Å². The van der Waals surface area contributed by atoms with E-state index in [2.05, 4.69) is 423 Å². The largest absolute Gasteiger partial charge is 0.312 e. The fraction of sp³-hybridized carbons (Fsp3) is 0. The minimum atomic E-state index is -0.196. The Morgan fingerprint density at radius 2 is 0.568 bits per heavy atom. The molecule has 0 saturated heterocycles. The molecule has 9 heteroatoms. The molecule has 0 amide bonds. The molecule has 0 radical (unpaired) electrons. The molecular weight excluding hydrogens is 1340 g/mol. The van der Waals surface area contributed by atoms with Gasteiger partial charge in [0.2, 0.25) is 0 Å². The average Bonchev–Trinajstić information content (AvgIpc) is 1.48. The zero-order valence-electron chi connectivity index (χ0n) is 60.4. The van der Waals surface area contributed by atoms with Gasteiger partial charge in [0, 0.05) is 107 Å². The van der Waals surface area contributed by atoms with Gasteiger partial charge in [-0.05, 0) is 227 Å². The van der Waals surface area contributed by atoms with Crippen LogP contribution in [0.1, 0.15) is 0 Å². The molecule has 18 aromatic rings. The van der Waals surface area contributed by atoms with Crippen molar-refractivity contribution in [3.63, 3.8) is 0 Å². The standard InChI is InChI=1S/C102H65B3N6/c1-9-26-66(27-10-1)70-44-48-78(49-45-70)108-90-57-47-72(68-30-13-3-14-31-68)62-87(90)103-83-52-50-79(106(74-34-17-5-18-35-74)75-36-19-6-20-37-75)64-95(83)110-91-42-25-43-92-97(91)105(85-54-58-93(108)98(103)101(85)110)86-55-59-94-99-102(86)111(92)96-65-80(107(76-38-21-7-22-39-76)77-40-23-8-24-41-77)51-53-84(96)104(99)88-63-73(69-32-15-4-16-33-69)61-82-81-60-71(67-28-11-2-12-29-67)46-56-89(81)109(94)100(82)88/h1-65H. The molecular formula is C102H65B3N6. The average molecular weight is 1410 g/mol. The van der Waals surface area contributed by atoms with Crippen LogP contribution in [0.25, 0.3) is 72.0 Å². The van der Waals surface area contributed by atoms with Gasteiger partial charge in [0.25, 0.3) is 20.1 Å². The van der Waals surface area contributed by atoms with Crippen LogP contribution in [0.4, 0.5) is 85.3 Å². The predicted molar refractivity (Wildman–Crippen MR) is 470 cm³/mol. The van der Waals surface area contributed by atoms with Crippen molar-refractivity contribution >= 4 is 176 Å². The van der Waals surface area contributed by atoms with Gasteiger partial charge in [-0.2, -0.15) is 0 Å². The number of para-hydroxylation sites is 4. The topological polar surface area (TPSA) is 21.1 Å². The molecule has 0 unspecified atom stereocenters. The summed E-state index contributed by atoms with van der Waals surface area (Å²) >= 11 is 0. The van der Waals surface area contributed by atoms with Gasteiger partial charge < -0.3 is 29.1 Å². The Labute approximate surface area is 645 Å². The minimum Gasteiger partial charge on any atom is -0.312 e. The summed E-state index contributed by atoms with van der Waals surface area (Å²) in [6.45, 7) is -0.529. The summed E-state index contributed by atoms with van der Waals surface area (Å²) in [6, 6.07) is 148. The van der Waals surface area contributed by atoms with Crippen molar-refractivity contribution in [2.75, 3.05) is 24.5 Å². The molecule has 0 saturated carbocycles. The minimum absolute atomic E-state index is 0.163. The van der Waals surface area contributed by atoms with E-state index in [0.29, 0.717) is 0 Å². The van der Waals surface area contributed by atoms with Crippen LogP contribution in [0.3, 0.4) is 0 Å². The van der Waals surface area contributed by atoms with Crippen molar-refractivity contribution < 1.29 is 0 Å². The number of nitrogens with zero attached hydrogens (tertiary/aromatic N) is 6. The highest BCUT2D eigenvalue weighted by molar-refractivity contribution is 7.06. The van der Waals surface area contributed by atoms with Crippen LogP contribution in [0.15, 0.2) is 394 Å². The van der Waals surface area contributed by atoms with Crippen LogP contribution in [0, 0.1) is 0 Å². The molecule has 0 atom stereocenters. The number of hydrogen-bond acceptors (Lipinski definition) is 5. The van der Waals surface area contributed by atoms with Crippen molar-refractivity contribution in [1.82, 2.24) is 4.57 Å². The van der Waals surface area contributed by atoms with E-state index in [0.717, 1.165) is 45.5 Å². The quantitative estimate of drug-likeness (QED) is 0.120. The summed E-state index contributed by atoms with van der Waals surface area (Å²) in [4.78, 5) is 12.9. The van der Waals surface area contributed by atoms with Gasteiger partial charge in [0.1, 0.15) is 0 Å². The molecule has 7 heterocycles. The maximum atomic E-state index is 2.72. The van der Waals surface area contributed by atoms with Crippen molar-refractivity contribution in [2.24, 2.45) is 0 Å². The van der Waals surface area contributed by atoms with Crippen LogP contribution < -0.4 is 73.7 Å². The van der Waals surface area contributed by atoms with Crippen LogP contribution in [0.2, 0.25) is 0 Å². The lowest BCUT2D eigenvalue weighted by Gasteiger charge is -2.51. The van der Waals surface area contributed by atoms with Gasteiger partial charge >= 0.3 is 0 Å². The summed E-state index contributed by atoms with van der Waals surface area (Å²) in [5, 5.41) is 2.50. The second-order valence-corrected chi connectivity index (χ2v) is 30.2. The Bertz CT molecular complexity index is 6770. The summed E-state index contributed by atoms with van der Waals surface area (Å²) in [5.41, 5.74) is 42.0. The van der Waals surface area contributed by atoms with E-state index in [1.165, 1.54) is 161 Å². The smallest absolute Gasteiger partial charge is 0.252 e. The number of rotatable bonds is 11. The zero-order chi connectivity index (χ0) is 72.5. The number of fused-ring (bicyclic) bond motifs is 17. The summed E-state index contributed by atoms with van der Waals surface area (Å²) in [5.74, 6) is 0. The van der Waals surface area contributed by atoms with Crippen LogP contribution >= 0.6 is 0 Å². The SMILES string of the molecule is c1ccc(-c2ccc(N3c4ccc(-c5ccccc5)cc4B4c5ccc(N(c6ccccc6)c6ccccc6)cc5N5c6cccc7c6B(c6ccc3c4c65)c3ccc4c5c3N7c3cc(N(c6ccccc6)c6ccccc6)ccc3B5c3cc(-c5ccccc5)cc5c6cc(-c7ccccc7)ccc6n-4c35)cc2)cc1. The van der Waals surface area contributed by atoms with Gasteiger partial charge in [0.05, 0.1) is 5.52 Å². The Kier molecular flexibility index (Phi) is 13.4. The van der Waals surface area contributed by atoms with Gasteiger partial charge in [-0.15, -0.1) is 0 Å². The van der Waals surface area contributed by atoms with Crippen LogP contribution in [0.5, 0.6) is 0 Å². The highest BCUT2D eigenvalue weighted by Gasteiger charge is 2.54. The zero-order valence-corrected chi connectivity index (χ0v) is 60.4. The van der Waals surface area contributed by atoms with Crippen molar-refractivity contribution in [3.8, 4) is 50.2 Å². The summed E-state index contributed by atoms with van der Waals surface area (Å²) in [6.07, 6.45) is 0. The van der Waals surface area contributed by atoms with E-state index in [9.17, 15) is 0 Å². The highest BCUT2D eigenvalue weighted by atomic mass is 15.2. The molecule has 0 fully saturated rings. The fourth-order valence-corrected chi connectivity index (χ4v) is 19.9. The third-order valence-corrected chi connectivity index (χ3v) is 24.5. The number of hydrogen-bond donors (Lipinski definition) is 0. The first kappa shape index (κ1) is 61.8. The van der Waals surface area contributed by atoms with Gasteiger partial charge in [-0.1, -0.05) is 261 Å². The lowest BCUT2D eigenvalue weighted by molar-refractivity contribution is 1.18. The van der Waals surface area contributed by atoms with Gasteiger partial charge in [0.15, 0.2) is 0 Å². The molecule has 6 nitrogen and oxygen atoms in total. The normalized spacial score (nSPS) is 13.1. The molecule has 0 spiro atoms. The molecule has 512 valence electrons. The molecule has 0 bridgehead atoms. The number of anilines is 15. The first-order valence-electron chi connectivity index (χ1n) is 38.7. The third kappa shape index (κ3) is 9.12. The Hall–Kier alpha value is -14.3. The monoisotopic (exact) mass is 1410 g/mol. The second kappa shape index (κ2) is 24.1. The molecule has 6 aliphatic heterocycles. The molecule has 6 aliphatic rings. The van der Waals surface area contributed by atoms with E-state index >= 15 is 0 Å². The Morgan fingerprint density at radius 1 is 0.198 bits per heavy atom. The molecule has 0 N–H and O–H groups in total. The molecule has 111 heavy (non-hydrogen) atoms. The van der Waals surface area contributed by atoms with Gasteiger partial charge in [-0.25, -0.2) is 0 Å². The van der Waals surface area contributed by atoms with E-state index in [1.807, 2.05) is 0 Å². The third-order valence-electron chi connectivity index (χ3n) is 24.5. The van der Waals surface area contributed by atoms with Crippen molar-refractivity contribution in [2.45, 2.75) is 0 Å². The highest BCUT2D eigenvalue weighted by Crippen LogP contribution is 2.52. The van der Waals surface area contributed by atoms with Crippen LogP contribution in [-0.4, -0.2) is 24.7 Å². The molecule has 0 aliphatic carbocycles.